The van der Waals surface area contributed by atoms with E-state index in [9.17, 15) is 0 Å². The molecule has 1 aliphatic rings. The van der Waals surface area contributed by atoms with E-state index in [1.165, 1.54) is 0 Å². The standard InChI is InChI=1S/C11H14Cl2N2O2/c1-2-3-7-9(12)14-11(15-10(7)13)8-6-16-4-5-17-8/h8H,2-6H2,1H3. The maximum absolute atomic E-state index is 6.10. The molecular formula is C11H14Cl2N2O2. The Morgan fingerprint density at radius 2 is 1.94 bits per heavy atom. The predicted molar refractivity (Wildman–Crippen MR) is 65.6 cm³/mol. The molecule has 0 N–H and O–H groups in total. The molecule has 0 amide bonds. The minimum Gasteiger partial charge on any atom is -0.376 e. The second-order valence-corrected chi connectivity index (χ2v) is 4.54. The molecule has 2 heterocycles. The lowest BCUT2D eigenvalue weighted by molar-refractivity contribution is -0.0935. The largest absolute Gasteiger partial charge is 0.376 e. The normalized spacial score (nSPS) is 20.5. The number of aromatic nitrogens is 2. The van der Waals surface area contributed by atoms with Gasteiger partial charge in [0.25, 0.3) is 0 Å². The summed E-state index contributed by atoms with van der Waals surface area (Å²) in [4.78, 5) is 8.48. The molecule has 0 radical (unpaired) electrons. The monoisotopic (exact) mass is 276 g/mol. The molecule has 2 rings (SSSR count). The molecule has 17 heavy (non-hydrogen) atoms. The van der Waals surface area contributed by atoms with E-state index in [1.807, 2.05) is 0 Å². The number of nitrogens with zero attached hydrogens (tertiary/aromatic N) is 2. The van der Waals surface area contributed by atoms with Gasteiger partial charge in [-0.25, -0.2) is 9.97 Å². The Bertz CT molecular complexity index is 372. The van der Waals surface area contributed by atoms with Gasteiger partial charge in [-0.3, -0.25) is 0 Å². The minimum absolute atomic E-state index is 0.269. The summed E-state index contributed by atoms with van der Waals surface area (Å²) in [5.41, 5.74) is 0.802. The van der Waals surface area contributed by atoms with Crippen molar-refractivity contribution in [3.05, 3.63) is 21.7 Å². The van der Waals surface area contributed by atoms with Gasteiger partial charge in [-0.05, 0) is 6.42 Å². The highest BCUT2D eigenvalue weighted by Crippen LogP contribution is 2.26. The molecule has 1 fully saturated rings. The van der Waals surface area contributed by atoms with Gasteiger partial charge in [0.15, 0.2) is 5.82 Å². The third-order valence-corrected chi connectivity index (χ3v) is 3.15. The molecule has 0 spiro atoms. The van der Waals surface area contributed by atoms with E-state index in [1.54, 1.807) is 0 Å². The van der Waals surface area contributed by atoms with Gasteiger partial charge in [0.2, 0.25) is 0 Å². The van der Waals surface area contributed by atoms with Gasteiger partial charge in [0.05, 0.1) is 19.8 Å². The van der Waals surface area contributed by atoms with Crippen LogP contribution in [0.5, 0.6) is 0 Å². The smallest absolute Gasteiger partial charge is 0.162 e. The lowest BCUT2D eigenvalue weighted by atomic mass is 10.2. The van der Waals surface area contributed by atoms with Crippen molar-refractivity contribution in [1.29, 1.82) is 0 Å². The number of hydrogen-bond acceptors (Lipinski definition) is 4. The maximum atomic E-state index is 6.10. The molecule has 1 saturated heterocycles. The summed E-state index contributed by atoms with van der Waals surface area (Å²) in [5, 5.41) is 0.826. The van der Waals surface area contributed by atoms with E-state index in [-0.39, 0.29) is 6.10 Å². The molecule has 94 valence electrons. The number of ether oxygens (including phenoxy) is 2. The highest BCUT2D eigenvalue weighted by Gasteiger charge is 2.22. The summed E-state index contributed by atoms with van der Waals surface area (Å²) in [6.45, 7) is 3.64. The SMILES string of the molecule is CCCc1c(Cl)nc(C2COCCO2)nc1Cl. The van der Waals surface area contributed by atoms with Crippen molar-refractivity contribution in [2.75, 3.05) is 19.8 Å². The molecule has 0 saturated carbocycles. The summed E-state index contributed by atoms with van der Waals surface area (Å²) in [5.74, 6) is 0.500. The van der Waals surface area contributed by atoms with Crippen LogP contribution in [0, 0.1) is 0 Å². The van der Waals surface area contributed by atoms with Crippen LogP contribution >= 0.6 is 23.2 Å². The van der Waals surface area contributed by atoms with Crippen LogP contribution in [-0.2, 0) is 15.9 Å². The lowest BCUT2D eigenvalue weighted by Crippen LogP contribution is -2.24. The highest BCUT2D eigenvalue weighted by molar-refractivity contribution is 6.34. The first-order valence-corrected chi connectivity index (χ1v) is 6.39. The van der Waals surface area contributed by atoms with Crippen molar-refractivity contribution in [3.8, 4) is 0 Å². The Morgan fingerprint density at radius 1 is 1.24 bits per heavy atom. The van der Waals surface area contributed by atoms with E-state index < -0.39 is 0 Å². The predicted octanol–water partition coefficient (Wildman–Crippen LogP) is 2.82. The van der Waals surface area contributed by atoms with E-state index in [0.717, 1.165) is 18.4 Å². The minimum atomic E-state index is -0.269. The Balaban J connectivity index is 2.24. The van der Waals surface area contributed by atoms with Crippen LogP contribution < -0.4 is 0 Å². The van der Waals surface area contributed by atoms with Gasteiger partial charge in [-0.2, -0.15) is 0 Å². The highest BCUT2D eigenvalue weighted by atomic mass is 35.5. The fraction of sp³-hybridized carbons (Fsp3) is 0.636. The molecule has 1 unspecified atom stereocenters. The zero-order chi connectivity index (χ0) is 12.3. The van der Waals surface area contributed by atoms with Gasteiger partial charge >= 0.3 is 0 Å². The molecule has 0 aliphatic carbocycles. The van der Waals surface area contributed by atoms with Crippen molar-refractivity contribution < 1.29 is 9.47 Å². The van der Waals surface area contributed by atoms with Crippen LogP contribution in [-0.4, -0.2) is 29.8 Å². The van der Waals surface area contributed by atoms with Crippen LogP contribution in [0.25, 0.3) is 0 Å². The average Bonchev–Trinajstić information content (AvgIpc) is 2.35. The second kappa shape index (κ2) is 5.96. The molecule has 6 heteroatoms. The van der Waals surface area contributed by atoms with Crippen LogP contribution in [0.3, 0.4) is 0 Å². The van der Waals surface area contributed by atoms with Gasteiger partial charge in [0, 0.05) is 5.56 Å². The summed E-state index contributed by atoms with van der Waals surface area (Å²) >= 11 is 12.2. The third kappa shape index (κ3) is 3.07. The van der Waals surface area contributed by atoms with Crippen molar-refractivity contribution in [2.24, 2.45) is 0 Å². The summed E-state index contributed by atoms with van der Waals surface area (Å²) in [7, 11) is 0. The van der Waals surface area contributed by atoms with Crippen molar-refractivity contribution >= 4 is 23.2 Å². The molecular weight excluding hydrogens is 263 g/mol. The van der Waals surface area contributed by atoms with E-state index in [2.05, 4.69) is 16.9 Å². The van der Waals surface area contributed by atoms with E-state index in [0.29, 0.717) is 36.0 Å². The zero-order valence-corrected chi connectivity index (χ0v) is 11.1. The van der Waals surface area contributed by atoms with Crippen LogP contribution in [0.4, 0.5) is 0 Å². The molecule has 1 aliphatic heterocycles. The molecule has 1 aromatic rings. The zero-order valence-electron chi connectivity index (χ0n) is 9.58. The molecule has 4 nitrogen and oxygen atoms in total. The Hall–Kier alpha value is -0.420. The number of halogens is 2. The average molecular weight is 277 g/mol. The van der Waals surface area contributed by atoms with Gasteiger partial charge in [-0.1, -0.05) is 36.5 Å². The van der Waals surface area contributed by atoms with Gasteiger partial charge in [0.1, 0.15) is 16.4 Å². The number of rotatable bonds is 3. The topological polar surface area (TPSA) is 44.2 Å². The Morgan fingerprint density at radius 3 is 2.47 bits per heavy atom. The molecule has 0 aromatic carbocycles. The fourth-order valence-corrected chi connectivity index (χ4v) is 2.27. The fourth-order valence-electron chi connectivity index (χ4n) is 1.68. The maximum Gasteiger partial charge on any atom is 0.162 e. The molecule has 1 atom stereocenters. The van der Waals surface area contributed by atoms with Crippen molar-refractivity contribution in [3.63, 3.8) is 0 Å². The van der Waals surface area contributed by atoms with E-state index >= 15 is 0 Å². The first-order valence-electron chi connectivity index (χ1n) is 5.63. The summed E-state index contributed by atoms with van der Waals surface area (Å²) in [6.07, 6.45) is 1.46. The molecule has 1 aromatic heterocycles. The van der Waals surface area contributed by atoms with Crippen molar-refractivity contribution in [2.45, 2.75) is 25.9 Å². The van der Waals surface area contributed by atoms with Gasteiger partial charge < -0.3 is 9.47 Å². The Labute approximate surface area is 110 Å². The molecule has 0 bridgehead atoms. The summed E-state index contributed by atoms with van der Waals surface area (Å²) in [6, 6.07) is 0. The second-order valence-electron chi connectivity index (χ2n) is 3.83. The Kier molecular flexibility index (Phi) is 4.56. The van der Waals surface area contributed by atoms with Crippen LogP contribution in [0.2, 0.25) is 10.3 Å². The third-order valence-electron chi connectivity index (χ3n) is 2.53. The first kappa shape index (κ1) is 13.0. The first-order chi connectivity index (χ1) is 8.22. The van der Waals surface area contributed by atoms with Gasteiger partial charge in [-0.15, -0.1) is 0 Å². The quantitative estimate of drug-likeness (QED) is 0.797. The van der Waals surface area contributed by atoms with Crippen LogP contribution in [0.1, 0.15) is 30.8 Å². The lowest BCUT2D eigenvalue weighted by Gasteiger charge is -2.22. The van der Waals surface area contributed by atoms with E-state index in [4.69, 9.17) is 32.7 Å². The number of hydrogen-bond donors (Lipinski definition) is 0. The van der Waals surface area contributed by atoms with Crippen molar-refractivity contribution in [1.82, 2.24) is 9.97 Å². The van der Waals surface area contributed by atoms with Crippen LogP contribution in [0.15, 0.2) is 0 Å². The summed E-state index contributed by atoms with van der Waals surface area (Å²) < 4.78 is 10.8.